The Morgan fingerprint density at radius 2 is 2.00 bits per heavy atom. The summed E-state index contributed by atoms with van der Waals surface area (Å²) in [6.45, 7) is 6.48. The summed E-state index contributed by atoms with van der Waals surface area (Å²) >= 11 is 0. The van der Waals surface area contributed by atoms with Crippen molar-refractivity contribution in [1.82, 2.24) is 0 Å². The molecule has 0 aromatic carbocycles. The second-order valence-electron chi connectivity index (χ2n) is 3.85. The summed E-state index contributed by atoms with van der Waals surface area (Å²) in [5.41, 5.74) is 0. The largest absolute Gasteiger partial charge is 0.259 e. The third-order valence-corrected chi connectivity index (χ3v) is 4.94. The van der Waals surface area contributed by atoms with Crippen molar-refractivity contribution in [2.45, 2.75) is 50.5 Å². The van der Waals surface area contributed by atoms with Gasteiger partial charge in [-0.25, -0.2) is 0 Å². The molecule has 1 rings (SSSR count). The van der Waals surface area contributed by atoms with E-state index in [0.29, 0.717) is 16.4 Å². The van der Waals surface area contributed by atoms with E-state index in [1.165, 1.54) is 12.8 Å². The molecule has 3 atom stereocenters. The van der Waals surface area contributed by atoms with Gasteiger partial charge in [-0.2, -0.15) is 0 Å². The van der Waals surface area contributed by atoms with E-state index in [-0.39, 0.29) is 0 Å². The molecule has 0 aliphatic carbocycles. The molecule has 0 amide bonds. The van der Waals surface area contributed by atoms with Crippen LogP contribution in [0, 0.1) is 5.92 Å². The van der Waals surface area contributed by atoms with Crippen LogP contribution in [0.3, 0.4) is 0 Å². The first-order chi connectivity index (χ1) is 5.13. The first-order valence-electron chi connectivity index (χ1n) is 4.52. The fourth-order valence-electron chi connectivity index (χ4n) is 1.74. The van der Waals surface area contributed by atoms with E-state index < -0.39 is 10.8 Å². The maximum atomic E-state index is 11.7. The molecule has 1 fully saturated rings. The van der Waals surface area contributed by atoms with E-state index in [1.54, 1.807) is 0 Å². The summed E-state index contributed by atoms with van der Waals surface area (Å²) in [5, 5.41) is 0.912. The Kier molecular flexibility index (Phi) is 3.11. The minimum atomic E-state index is -0.553. The maximum absolute atomic E-state index is 11.7. The summed E-state index contributed by atoms with van der Waals surface area (Å²) in [6, 6.07) is 0. The van der Waals surface area contributed by atoms with Gasteiger partial charge in [0.2, 0.25) is 0 Å². The van der Waals surface area contributed by atoms with Crippen molar-refractivity contribution in [3.05, 3.63) is 0 Å². The van der Waals surface area contributed by atoms with Crippen LogP contribution in [-0.4, -0.2) is 14.7 Å². The second kappa shape index (κ2) is 3.70. The van der Waals surface area contributed by atoms with Crippen LogP contribution in [0.1, 0.15) is 40.0 Å². The molecular formula is C9H18OS. The fraction of sp³-hybridized carbons (Fsp3) is 1.00. The zero-order valence-electron chi connectivity index (χ0n) is 7.67. The highest BCUT2D eigenvalue weighted by molar-refractivity contribution is 7.86. The molecule has 2 unspecified atom stereocenters. The van der Waals surface area contributed by atoms with Crippen molar-refractivity contribution in [3.63, 3.8) is 0 Å². The van der Waals surface area contributed by atoms with Gasteiger partial charge in [0.1, 0.15) is 0 Å². The normalized spacial score (nSPS) is 39.5. The molecule has 2 heteroatoms. The molecule has 0 spiro atoms. The Morgan fingerprint density at radius 1 is 1.36 bits per heavy atom. The van der Waals surface area contributed by atoms with Crippen molar-refractivity contribution in [2.24, 2.45) is 5.92 Å². The predicted octanol–water partition coefficient (Wildman–Crippen LogP) is 2.33. The first kappa shape index (κ1) is 9.24. The lowest BCUT2D eigenvalue weighted by molar-refractivity contribution is 0.495. The smallest absolute Gasteiger partial charge is 0.0373 e. The SMILES string of the molecule is CC(C)C1CCC[C@@H](C)S1=O. The molecule has 66 valence electrons. The van der Waals surface area contributed by atoms with E-state index >= 15 is 0 Å². The van der Waals surface area contributed by atoms with Crippen molar-refractivity contribution in [1.29, 1.82) is 0 Å². The average molecular weight is 174 g/mol. The van der Waals surface area contributed by atoms with Crippen molar-refractivity contribution >= 4 is 10.8 Å². The Morgan fingerprint density at radius 3 is 2.45 bits per heavy atom. The van der Waals surface area contributed by atoms with Gasteiger partial charge in [-0.05, 0) is 18.8 Å². The van der Waals surface area contributed by atoms with Crippen molar-refractivity contribution in [3.8, 4) is 0 Å². The average Bonchev–Trinajstić information content (AvgIpc) is 1.94. The second-order valence-corrected chi connectivity index (χ2v) is 5.92. The standard InChI is InChI=1S/C9H18OS/c1-7(2)9-6-4-5-8(3)11(9)10/h7-9H,4-6H2,1-3H3/t8-,9?,11?/m1/s1. The Labute approximate surface area is 72.0 Å². The lowest BCUT2D eigenvalue weighted by Gasteiger charge is -2.28. The summed E-state index contributed by atoms with van der Waals surface area (Å²) < 4.78 is 11.7. The molecule has 0 N–H and O–H groups in total. The topological polar surface area (TPSA) is 17.1 Å². The van der Waals surface area contributed by atoms with Crippen LogP contribution in [0.4, 0.5) is 0 Å². The molecule has 0 radical (unpaired) electrons. The van der Waals surface area contributed by atoms with Gasteiger partial charge in [0.15, 0.2) is 0 Å². The van der Waals surface area contributed by atoms with Gasteiger partial charge in [-0.15, -0.1) is 0 Å². The third kappa shape index (κ3) is 2.05. The van der Waals surface area contributed by atoms with E-state index in [4.69, 9.17) is 0 Å². The molecule has 0 saturated carbocycles. The van der Waals surface area contributed by atoms with Crippen LogP contribution in [-0.2, 0) is 10.8 Å². The van der Waals surface area contributed by atoms with Crippen LogP contribution >= 0.6 is 0 Å². The monoisotopic (exact) mass is 174 g/mol. The molecule has 1 heterocycles. The molecule has 11 heavy (non-hydrogen) atoms. The quantitative estimate of drug-likeness (QED) is 0.596. The minimum absolute atomic E-state index is 0.441. The highest BCUT2D eigenvalue weighted by Gasteiger charge is 2.28. The maximum Gasteiger partial charge on any atom is 0.0373 e. The minimum Gasteiger partial charge on any atom is -0.259 e. The van der Waals surface area contributed by atoms with E-state index in [0.717, 1.165) is 6.42 Å². The van der Waals surface area contributed by atoms with E-state index in [9.17, 15) is 4.21 Å². The van der Waals surface area contributed by atoms with Crippen molar-refractivity contribution < 1.29 is 4.21 Å². The van der Waals surface area contributed by atoms with Crippen molar-refractivity contribution in [2.75, 3.05) is 0 Å². The summed E-state index contributed by atoms with van der Waals surface area (Å²) in [7, 11) is -0.553. The van der Waals surface area contributed by atoms with Crippen LogP contribution in [0.2, 0.25) is 0 Å². The molecule has 1 saturated heterocycles. The Bertz CT molecular complexity index is 154. The number of hydrogen-bond donors (Lipinski definition) is 0. The molecule has 0 bridgehead atoms. The lowest BCUT2D eigenvalue weighted by Crippen LogP contribution is -2.32. The summed E-state index contributed by atoms with van der Waals surface area (Å²) in [4.78, 5) is 0. The summed E-state index contributed by atoms with van der Waals surface area (Å²) in [6.07, 6.45) is 3.61. The molecule has 1 nitrogen and oxygen atoms in total. The van der Waals surface area contributed by atoms with Gasteiger partial charge >= 0.3 is 0 Å². The van der Waals surface area contributed by atoms with Gasteiger partial charge in [0.05, 0.1) is 0 Å². The van der Waals surface area contributed by atoms with Gasteiger partial charge < -0.3 is 0 Å². The number of rotatable bonds is 1. The molecule has 1 aliphatic rings. The molecule has 0 aromatic heterocycles. The Hall–Kier alpha value is 0.150. The first-order valence-corrected chi connectivity index (χ1v) is 5.80. The predicted molar refractivity (Wildman–Crippen MR) is 50.1 cm³/mol. The molecule has 1 aliphatic heterocycles. The van der Waals surface area contributed by atoms with Gasteiger partial charge in [-0.1, -0.05) is 27.2 Å². The third-order valence-electron chi connectivity index (χ3n) is 2.54. The van der Waals surface area contributed by atoms with Gasteiger partial charge in [-0.3, -0.25) is 4.21 Å². The zero-order valence-corrected chi connectivity index (χ0v) is 8.49. The van der Waals surface area contributed by atoms with Gasteiger partial charge in [0, 0.05) is 21.3 Å². The van der Waals surface area contributed by atoms with Crippen LogP contribution < -0.4 is 0 Å². The Balaban J connectivity index is 2.58. The fourth-order valence-corrected chi connectivity index (χ4v) is 3.67. The zero-order chi connectivity index (χ0) is 8.43. The highest BCUT2D eigenvalue weighted by atomic mass is 32.2. The molecular weight excluding hydrogens is 156 g/mol. The van der Waals surface area contributed by atoms with Crippen LogP contribution in [0.15, 0.2) is 0 Å². The highest BCUT2D eigenvalue weighted by Crippen LogP contribution is 2.26. The van der Waals surface area contributed by atoms with Crippen LogP contribution in [0.5, 0.6) is 0 Å². The number of hydrogen-bond acceptors (Lipinski definition) is 1. The summed E-state index contributed by atoms with van der Waals surface area (Å²) in [5.74, 6) is 0.596. The van der Waals surface area contributed by atoms with E-state index in [2.05, 4.69) is 20.8 Å². The molecule has 0 aromatic rings. The van der Waals surface area contributed by atoms with Crippen LogP contribution in [0.25, 0.3) is 0 Å². The van der Waals surface area contributed by atoms with Gasteiger partial charge in [0.25, 0.3) is 0 Å². The van der Waals surface area contributed by atoms with E-state index in [1.807, 2.05) is 0 Å². The lowest BCUT2D eigenvalue weighted by atomic mass is 10.0.